The fraction of sp³-hybridized carbons (Fsp3) is 0.500. The molecule has 1 rings (SSSR count). The molecule has 0 spiro atoms. The van der Waals surface area contributed by atoms with Crippen LogP contribution in [0.3, 0.4) is 0 Å². The van der Waals surface area contributed by atoms with Gasteiger partial charge in [-0.05, 0) is 24.4 Å². The Morgan fingerprint density at radius 2 is 1.75 bits per heavy atom. The summed E-state index contributed by atoms with van der Waals surface area (Å²) in [7, 11) is 1.78. The molecule has 0 amide bonds. The molecule has 2 heteroatoms. The number of hydrogen-bond acceptors (Lipinski definition) is 2. The highest BCUT2D eigenvalue weighted by Gasteiger charge is 2.11. The molecule has 1 aromatic carbocycles. The van der Waals surface area contributed by atoms with Crippen molar-refractivity contribution in [3.8, 4) is 0 Å². The topological polar surface area (TPSA) is 29.1 Å². The van der Waals surface area contributed by atoms with Gasteiger partial charge in [0.2, 0.25) is 0 Å². The summed E-state index contributed by atoms with van der Waals surface area (Å²) in [5.74, 6) is 0.143. The largest absolute Gasteiger partial charge is 0.313 e. The predicted molar refractivity (Wildman–Crippen MR) is 67.9 cm³/mol. The van der Waals surface area contributed by atoms with Crippen molar-refractivity contribution < 1.29 is 4.79 Å². The van der Waals surface area contributed by atoms with Crippen molar-refractivity contribution in [3.63, 3.8) is 0 Å². The molecule has 0 heterocycles. The summed E-state index contributed by atoms with van der Waals surface area (Å²) >= 11 is 0. The molecule has 0 aliphatic heterocycles. The van der Waals surface area contributed by atoms with Gasteiger partial charge in [-0.2, -0.15) is 0 Å². The molecule has 1 N–H and O–H groups in total. The lowest BCUT2D eigenvalue weighted by Gasteiger charge is -2.18. The Bertz CT molecular complexity index is 346. The summed E-state index contributed by atoms with van der Waals surface area (Å²) in [6.45, 7) is 7.05. The minimum atomic E-state index is 0.143. The third-order valence-corrected chi connectivity index (χ3v) is 2.35. The number of hydrogen-bond donors (Lipinski definition) is 1. The summed E-state index contributed by atoms with van der Waals surface area (Å²) in [5.41, 5.74) is 2.36. The van der Waals surface area contributed by atoms with E-state index in [1.54, 1.807) is 7.05 Å². The first kappa shape index (κ1) is 12.9. The van der Waals surface area contributed by atoms with Gasteiger partial charge in [0.1, 0.15) is 0 Å². The van der Waals surface area contributed by atoms with E-state index < -0.39 is 0 Å². The average Bonchev–Trinajstić information content (AvgIpc) is 2.16. The third-order valence-electron chi connectivity index (χ3n) is 2.35. The Balaban J connectivity index is 2.72. The Morgan fingerprint density at radius 3 is 2.19 bits per heavy atom. The maximum Gasteiger partial charge on any atom is 0.176 e. The lowest BCUT2D eigenvalue weighted by atomic mass is 9.88. The Morgan fingerprint density at radius 1 is 1.19 bits per heavy atom. The summed E-state index contributed by atoms with van der Waals surface area (Å²) < 4.78 is 0. The summed E-state index contributed by atoms with van der Waals surface area (Å²) in [4.78, 5) is 11.6. The molecule has 0 atom stereocenters. The van der Waals surface area contributed by atoms with E-state index >= 15 is 0 Å². The SMILES string of the molecule is CNCC(=O)c1ccc(CC(C)(C)C)cc1. The van der Waals surface area contributed by atoms with Gasteiger partial charge in [0.15, 0.2) is 5.78 Å². The molecular weight excluding hydrogens is 198 g/mol. The van der Waals surface area contributed by atoms with Crippen molar-refractivity contribution in [3.05, 3.63) is 35.4 Å². The van der Waals surface area contributed by atoms with Crippen LogP contribution in [0.4, 0.5) is 0 Å². The van der Waals surface area contributed by atoms with E-state index in [-0.39, 0.29) is 11.2 Å². The van der Waals surface area contributed by atoms with Crippen molar-refractivity contribution in [2.24, 2.45) is 5.41 Å². The van der Waals surface area contributed by atoms with E-state index in [1.165, 1.54) is 5.56 Å². The van der Waals surface area contributed by atoms with E-state index in [2.05, 4.69) is 26.1 Å². The molecule has 0 saturated heterocycles. The Kier molecular flexibility index (Phi) is 4.25. The first-order chi connectivity index (χ1) is 7.42. The fourth-order valence-electron chi connectivity index (χ4n) is 1.68. The van der Waals surface area contributed by atoms with Crippen LogP contribution in [0.1, 0.15) is 36.7 Å². The van der Waals surface area contributed by atoms with Crippen LogP contribution in [0.2, 0.25) is 0 Å². The van der Waals surface area contributed by atoms with Gasteiger partial charge in [-0.1, -0.05) is 45.0 Å². The van der Waals surface area contributed by atoms with Crippen molar-refractivity contribution in [2.75, 3.05) is 13.6 Å². The van der Waals surface area contributed by atoms with Crippen LogP contribution >= 0.6 is 0 Å². The van der Waals surface area contributed by atoms with Crippen LogP contribution in [0.15, 0.2) is 24.3 Å². The average molecular weight is 219 g/mol. The van der Waals surface area contributed by atoms with Gasteiger partial charge in [0.05, 0.1) is 6.54 Å². The number of benzene rings is 1. The first-order valence-electron chi connectivity index (χ1n) is 5.69. The molecule has 0 radical (unpaired) electrons. The third kappa shape index (κ3) is 4.15. The lowest BCUT2D eigenvalue weighted by Crippen LogP contribution is -2.18. The standard InChI is InChI=1S/C14H21NO/c1-14(2,3)9-11-5-7-12(8-6-11)13(16)10-15-4/h5-8,15H,9-10H2,1-4H3. The van der Waals surface area contributed by atoms with Gasteiger partial charge in [-0.25, -0.2) is 0 Å². The summed E-state index contributed by atoms with van der Waals surface area (Å²) in [5, 5.41) is 2.87. The van der Waals surface area contributed by atoms with Crippen LogP contribution in [0.25, 0.3) is 0 Å². The van der Waals surface area contributed by atoms with Crippen molar-refractivity contribution in [2.45, 2.75) is 27.2 Å². The van der Waals surface area contributed by atoms with Gasteiger partial charge in [-0.3, -0.25) is 4.79 Å². The zero-order valence-electron chi connectivity index (χ0n) is 10.6. The zero-order chi connectivity index (χ0) is 12.2. The maximum atomic E-state index is 11.6. The monoisotopic (exact) mass is 219 g/mol. The highest BCUT2D eigenvalue weighted by Crippen LogP contribution is 2.20. The van der Waals surface area contributed by atoms with Crippen LogP contribution < -0.4 is 5.32 Å². The van der Waals surface area contributed by atoms with Crippen LogP contribution in [-0.4, -0.2) is 19.4 Å². The van der Waals surface area contributed by atoms with Crippen LogP contribution in [0, 0.1) is 5.41 Å². The number of nitrogens with one attached hydrogen (secondary N) is 1. The van der Waals surface area contributed by atoms with E-state index in [0.29, 0.717) is 6.54 Å². The molecule has 0 aliphatic carbocycles. The van der Waals surface area contributed by atoms with Crippen molar-refractivity contribution >= 4 is 5.78 Å². The fourth-order valence-corrected chi connectivity index (χ4v) is 1.68. The number of rotatable bonds is 4. The molecular formula is C14H21NO. The molecule has 0 saturated carbocycles. The Labute approximate surface area is 98.1 Å². The molecule has 0 unspecified atom stereocenters. The first-order valence-corrected chi connectivity index (χ1v) is 5.69. The van der Waals surface area contributed by atoms with E-state index in [0.717, 1.165) is 12.0 Å². The van der Waals surface area contributed by atoms with E-state index in [1.807, 2.05) is 24.3 Å². The second-order valence-corrected chi connectivity index (χ2v) is 5.39. The van der Waals surface area contributed by atoms with Gasteiger partial charge < -0.3 is 5.32 Å². The zero-order valence-corrected chi connectivity index (χ0v) is 10.6. The maximum absolute atomic E-state index is 11.6. The quantitative estimate of drug-likeness (QED) is 0.789. The van der Waals surface area contributed by atoms with Crippen molar-refractivity contribution in [1.82, 2.24) is 5.32 Å². The molecule has 0 fully saturated rings. The van der Waals surface area contributed by atoms with Crippen molar-refractivity contribution in [1.29, 1.82) is 0 Å². The normalized spacial score (nSPS) is 11.5. The second-order valence-electron chi connectivity index (χ2n) is 5.39. The Hall–Kier alpha value is -1.15. The van der Waals surface area contributed by atoms with Crippen LogP contribution in [0.5, 0.6) is 0 Å². The predicted octanol–water partition coefficient (Wildman–Crippen LogP) is 2.68. The summed E-state index contributed by atoms with van der Waals surface area (Å²) in [6, 6.07) is 7.93. The van der Waals surface area contributed by atoms with Gasteiger partial charge in [-0.15, -0.1) is 0 Å². The number of carbonyl (C=O) groups excluding carboxylic acids is 1. The summed E-state index contributed by atoms with van der Waals surface area (Å²) in [6.07, 6.45) is 1.04. The molecule has 0 aromatic heterocycles. The van der Waals surface area contributed by atoms with Gasteiger partial charge >= 0.3 is 0 Å². The van der Waals surface area contributed by atoms with E-state index in [9.17, 15) is 4.79 Å². The molecule has 0 aliphatic rings. The molecule has 2 nitrogen and oxygen atoms in total. The highest BCUT2D eigenvalue weighted by molar-refractivity contribution is 5.97. The molecule has 1 aromatic rings. The lowest BCUT2D eigenvalue weighted by molar-refractivity contribution is 0.0993. The number of ketones is 1. The number of carbonyl (C=O) groups is 1. The number of Topliss-reactive ketones (excluding diaryl/α,β-unsaturated/α-hetero) is 1. The molecule has 0 bridgehead atoms. The van der Waals surface area contributed by atoms with Crippen LogP contribution in [-0.2, 0) is 6.42 Å². The van der Waals surface area contributed by atoms with Gasteiger partial charge in [0, 0.05) is 5.56 Å². The molecule has 88 valence electrons. The minimum Gasteiger partial charge on any atom is -0.313 e. The van der Waals surface area contributed by atoms with E-state index in [4.69, 9.17) is 0 Å². The molecule has 16 heavy (non-hydrogen) atoms. The second kappa shape index (κ2) is 5.26. The number of likely N-dealkylation sites (N-methyl/N-ethyl adjacent to an activating group) is 1. The smallest absolute Gasteiger partial charge is 0.176 e. The van der Waals surface area contributed by atoms with Gasteiger partial charge in [0.25, 0.3) is 0 Å². The minimum absolute atomic E-state index is 0.143. The highest BCUT2D eigenvalue weighted by atomic mass is 16.1.